The van der Waals surface area contributed by atoms with Gasteiger partial charge in [0.15, 0.2) is 0 Å². The van der Waals surface area contributed by atoms with Crippen LogP contribution in [0.1, 0.15) is 23.8 Å². The Morgan fingerprint density at radius 2 is 2.04 bits per heavy atom. The quantitative estimate of drug-likeness (QED) is 0.747. The fourth-order valence-corrected chi connectivity index (χ4v) is 2.01. The maximum absolute atomic E-state index is 12.1. The number of ether oxygens (including phenoxy) is 1. The Morgan fingerprint density at radius 1 is 1.29 bits per heavy atom. The molecule has 1 atom stereocenters. The Morgan fingerprint density at radius 3 is 2.75 bits per heavy atom. The van der Waals surface area contributed by atoms with Crippen molar-refractivity contribution in [2.75, 3.05) is 13.2 Å². The van der Waals surface area contributed by atoms with Crippen molar-refractivity contribution in [2.45, 2.75) is 26.0 Å². The van der Waals surface area contributed by atoms with Crippen molar-refractivity contribution in [1.82, 2.24) is 15.1 Å². The number of aromatic nitrogens is 2. The van der Waals surface area contributed by atoms with Gasteiger partial charge in [-0.1, -0.05) is 25.1 Å². The molecule has 2 N–H and O–H groups in total. The van der Waals surface area contributed by atoms with Crippen molar-refractivity contribution in [1.29, 1.82) is 0 Å². The van der Waals surface area contributed by atoms with Gasteiger partial charge in [-0.3, -0.25) is 9.59 Å². The number of nitrogens with zero attached hydrogens (tertiary/aromatic N) is 2. The Hall–Kier alpha value is -2.67. The van der Waals surface area contributed by atoms with Crippen LogP contribution in [0.3, 0.4) is 0 Å². The normalized spacial score (nSPS) is 11.8. The SMILES string of the molecule is CCCn1nc(C(=O)NCC(O)COc2ccccc2)ccc1=O. The van der Waals surface area contributed by atoms with Crippen LogP contribution < -0.4 is 15.6 Å². The summed E-state index contributed by atoms with van der Waals surface area (Å²) in [6.45, 7) is 2.46. The molecule has 2 rings (SSSR count). The summed E-state index contributed by atoms with van der Waals surface area (Å²) in [6.07, 6.45) is -0.108. The van der Waals surface area contributed by atoms with Gasteiger partial charge in [0.2, 0.25) is 0 Å². The van der Waals surface area contributed by atoms with Crippen LogP contribution in [0, 0.1) is 0 Å². The van der Waals surface area contributed by atoms with Gasteiger partial charge in [0.05, 0.1) is 0 Å². The van der Waals surface area contributed by atoms with E-state index in [-0.39, 0.29) is 24.4 Å². The highest BCUT2D eigenvalue weighted by Gasteiger charge is 2.12. The molecule has 1 aromatic carbocycles. The van der Waals surface area contributed by atoms with E-state index in [1.165, 1.54) is 16.8 Å². The van der Waals surface area contributed by atoms with E-state index >= 15 is 0 Å². The topological polar surface area (TPSA) is 93.5 Å². The Labute approximate surface area is 139 Å². The fourth-order valence-electron chi connectivity index (χ4n) is 2.01. The maximum atomic E-state index is 12.1. The predicted molar refractivity (Wildman–Crippen MR) is 89.1 cm³/mol. The third-order valence-electron chi connectivity index (χ3n) is 3.22. The summed E-state index contributed by atoms with van der Waals surface area (Å²) in [6, 6.07) is 11.8. The molecule has 1 amide bonds. The van der Waals surface area contributed by atoms with Gasteiger partial charge < -0.3 is 15.2 Å². The minimum Gasteiger partial charge on any atom is -0.491 e. The van der Waals surface area contributed by atoms with Gasteiger partial charge in [0.1, 0.15) is 24.2 Å². The lowest BCUT2D eigenvalue weighted by Gasteiger charge is -2.13. The summed E-state index contributed by atoms with van der Waals surface area (Å²) in [4.78, 5) is 23.6. The molecule has 1 unspecified atom stereocenters. The van der Waals surface area contributed by atoms with Crippen LogP contribution in [0.15, 0.2) is 47.3 Å². The highest BCUT2D eigenvalue weighted by molar-refractivity contribution is 5.91. The van der Waals surface area contributed by atoms with Crippen LogP contribution in [0.5, 0.6) is 5.75 Å². The van der Waals surface area contributed by atoms with Crippen LogP contribution in [0.2, 0.25) is 0 Å². The van der Waals surface area contributed by atoms with E-state index in [0.717, 1.165) is 6.42 Å². The van der Waals surface area contributed by atoms with Gasteiger partial charge in [-0.25, -0.2) is 4.68 Å². The third kappa shape index (κ3) is 5.20. The highest BCUT2D eigenvalue weighted by Crippen LogP contribution is 2.08. The smallest absolute Gasteiger partial charge is 0.271 e. The summed E-state index contributed by atoms with van der Waals surface area (Å²) in [5.74, 6) is 0.204. The molecule has 1 heterocycles. The van der Waals surface area contributed by atoms with Gasteiger partial charge in [-0.15, -0.1) is 0 Å². The second-order valence-corrected chi connectivity index (χ2v) is 5.27. The first kappa shape index (κ1) is 17.7. The molecule has 0 saturated carbocycles. The van der Waals surface area contributed by atoms with Gasteiger partial charge in [-0.05, 0) is 24.6 Å². The number of aryl methyl sites for hydroxylation is 1. The monoisotopic (exact) mass is 331 g/mol. The van der Waals surface area contributed by atoms with Crippen molar-refractivity contribution < 1.29 is 14.6 Å². The maximum Gasteiger partial charge on any atom is 0.271 e. The molecule has 7 nitrogen and oxygen atoms in total. The van der Waals surface area contributed by atoms with E-state index < -0.39 is 12.0 Å². The summed E-state index contributed by atoms with van der Waals surface area (Å²) < 4.78 is 6.66. The highest BCUT2D eigenvalue weighted by atomic mass is 16.5. The van der Waals surface area contributed by atoms with Crippen molar-refractivity contribution in [3.63, 3.8) is 0 Å². The van der Waals surface area contributed by atoms with E-state index in [1.54, 1.807) is 12.1 Å². The number of hydrogen-bond acceptors (Lipinski definition) is 5. The summed E-state index contributed by atoms with van der Waals surface area (Å²) in [5, 5.41) is 16.5. The summed E-state index contributed by atoms with van der Waals surface area (Å²) in [5.41, 5.74) is -0.107. The minimum absolute atomic E-state index is 0.0280. The van der Waals surface area contributed by atoms with E-state index in [4.69, 9.17) is 4.74 Å². The first-order chi connectivity index (χ1) is 11.6. The molecular weight excluding hydrogens is 310 g/mol. The van der Waals surface area contributed by atoms with Gasteiger partial charge in [0.25, 0.3) is 11.5 Å². The zero-order valence-corrected chi connectivity index (χ0v) is 13.5. The number of benzene rings is 1. The van der Waals surface area contributed by atoms with E-state index in [1.807, 2.05) is 25.1 Å². The Balaban J connectivity index is 1.84. The van der Waals surface area contributed by atoms with Crippen LogP contribution in [0.4, 0.5) is 0 Å². The Kier molecular flexibility index (Phi) is 6.51. The molecule has 0 saturated heterocycles. The lowest BCUT2D eigenvalue weighted by atomic mass is 10.3. The van der Waals surface area contributed by atoms with Gasteiger partial charge >= 0.3 is 0 Å². The second-order valence-electron chi connectivity index (χ2n) is 5.27. The number of carbonyl (C=O) groups is 1. The van der Waals surface area contributed by atoms with Crippen molar-refractivity contribution in [2.24, 2.45) is 0 Å². The van der Waals surface area contributed by atoms with Crippen molar-refractivity contribution >= 4 is 5.91 Å². The minimum atomic E-state index is -0.851. The molecule has 2 aromatic rings. The third-order valence-corrected chi connectivity index (χ3v) is 3.22. The summed E-state index contributed by atoms with van der Waals surface area (Å²) in [7, 11) is 0. The average Bonchev–Trinajstić information content (AvgIpc) is 2.61. The second kappa shape index (κ2) is 8.83. The summed E-state index contributed by atoms with van der Waals surface area (Å²) >= 11 is 0. The van der Waals surface area contributed by atoms with Crippen LogP contribution in [-0.2, 0) is 6.54 Å². The van der Waals surface area contributed by atoms with Gasteiger partial charge in [0, 0.05) is 19.2 Å². The van der Waals surface area contributed by atoms with Crippen molar-refractivity contribution in [3.05, 3.63) is 58.5 Å². The Bertz CT molecular complexity index is 715. The number of para-hydroxylation sites is 1. The largest absolute Gasteiger partial charge is 0.491 e. The number of aliphatic hydroxyl groups excluding tert-OH is 1. The number of aliphatic hydroxyl groups is 1. The molecule has 0 radical (unpaired) electrons. The van der Waals surface area contributed by atoms with Crippen molar-refractivity contribution in [3.8, 4) is 5.75 Å². The number of hydrogen-bond donors (Lipinski definition) is 2. The molecule has 128 valence electrons. The number of nitrogens with one attached hydrogen (secondary N) is 1. The molecule has 24 heavy (non-hydrogen) atoms. The first-order valence-corrected chi connectivity index (χ1v) is 7.82. The number of rotatable bonds is 8. The van der Waals surface area contributed by atoms with E-state index in [0.29, 0.717) is 12.3 Å². The molecule has 0 spiro atoms. The lowest BCUT2D eigenvalue weighted by molar-refractivity contribution is 0.0838. The first-order valence-electron chi connectivity index (χ1n) is 7.82. The zero-order valence-electron chi connectivity index (χ0n) is 13.5. The number of carbonyl (C=O) groups excluding carboxylic acids is 1. The number of amides is 1. The molecule has 0 aliphatic heterocycles. The molecule has 7 heteroatoms. The lowest BCUT2D eigenvalue weighted by Crippen LogP contribution is -2.36. The van der Waals surface area contributed by atoms with E-state index in [9.17, 15) is 14.7 Å². The van der Waals surface area contributed by atoms with E-state index in [2.05, 4.69) is 10.4 Å². The fraction of sp³-hybridized carbons (Fsp3) is 0.353. The molecular formula is C17H21N3O4. The molecule has 0 aliphatic rings. The van der Waals surface area contributed by atoms with Crippen LogP contribution >= 0.6 is 0 Å². The van der Waals surface area contributed by atoms with Crippen LogP contribution in [-0.4, -0.2) is 40.0 Å². The molecule has 1 aromatic heterocycles. The predicted octanol–water partition coefficient (Wildman–Crippen LogP) is 0.823. The standard InChI is InChI=1S/C17H21N3O4/c1-2-10-20-16(22)9-8-15(19-20)17(23)18-11-13(21)12-24-14-6-4-3-5-7-14/h3-9,13,21H,2,10-12H2,1H3,(H,18,23). The van der Waals surface area contributed by atoms with Gasteiger partial charge in [-0.2, -0.15) is 5.10 Å². The average molecular weight is 331 g/mol. The molecule has 0 fully saturated rings. The molecule has 0 bridgehead atoms. The zero-order chi connectivity index (χ0) is 17.4. The molecule has 0 aliphatic carbocycles. The van der Waals surface area contributed by atoms with Crippen LogP contribution in [0.25, 0.3) is 0 Å².